The first-order chi connectivity index (χ1) is 9.66. The average Bonchev–Trinajstić information content (AvgIpc) is 2.47. The number of carbonyl (C=O) groups excluding carboxylic acids is 1. The number of carbonyl (C=O) groups is 1. The largest absolute Gasteiger partial charge is 0.398 e. The fourth-order valence-corrected chi connectivity index (χ4v) is 2.20. The molecule has 2 aromatic heterocycles. The number of nitrogens with two attached hydrogens (primary N) is 1. The summed E-state index contributed by atoms with van der Waals surface area (Å²) in [5, 5.41) is 1.04. The van der Waals surface area contributed by atoms with Crippen LogP contribution in [0.15, 0.2) is 48.8 Å². The molecule has 4 nitrogen and oxygen atoms in total. The second-order valence-corrected chi connectivity index (χ2v) is 4.63. The summed E-state index contributed by atoms with van der Waals surface area (Å²) in [4.78, 5) is 20.8. The van der Waals surface area contributed by atoms with Crippen molar-refractivity contribution in [2.24, 2.45) is 0 Å². The molecule has 0 unspecified atom stereocenters. The molecule has 98 valence electrons. The third-order valence-electron chi connectivity index (χ3n) is 3.26. The van der Waals surface area contributed by atoms with Crippen LogP contribution in [0.25, 0.3) is 10.9 Å². The van der Waals surface area contributed by atoms with Gasteiger partial charge >= 0.3 is 0 Å². The van der Waals surface area contributed by atoms with Crippen LogP contribution < -0.4 is 5.73 Å². The van der Waals surface area contributed by atoms with Crippen molar-refractivity contribution in [1.29, 1.82) is 0 Å². The minimum Gasteiger partial charge on any atom is -0.398 e. The van der Waals surface area contributed by atoms with Crippen molar-refractivity contribution < 1.29 is 4.79 Å². The molecule has 20 heavy (non-hydrogen) atoms. The van der Waals surface area contributed by atoms with Gasteiger partial charge in [0, 0.05) is 23.5 Å². The van der Waals surface area contributed by atoms with E-state index in [1.54, 1.807) is 18.3 Å². The van der Waals surface area contributed by atoms with Gasteiger partial charge in [-0.3, -0.25) is 9.78 Å². The average molecular weight is 263 g/mol. The van der Waals surface area contributed by atoms with Gasteiger partial charge in [0.25, 0.3) is 0 Å². The lowest BCUT2D eigenvalue weighted by Crippen LogP contribution is -2.08. The van der Waals surface area contributed by atoms with Crippen LogP contribution in [-0.4, -0.2) is 15.8 Å². The van der Waals surface area contributed by atoms with Crippen LogP contribution in [0.2, 0.25) is 0 Å². The molecule has 0 aliphatic heterocycles. The Balaban J connectivity index is 2.16. The number of aryl methyl sites for hydroxylation is 1. The zero-order chi connectivity index (χ0) is 14.1. The zero-order valence-corrected chi connectivity index (χ0v) is 11.0. The summed E-state index contributed by atoms with van der Waals surface area (Å²) in [6, 6.07) is 11.1. The zero-order valence-electron chi connectivity index (χ0n) is 11.0. The Labute approximate surface area is 116 Å². The monoisotopic (exact) mass is 263 g/mol. The van der Waals surface area contributed by atoms with Gasteiger partial charge in [0.2, 0.25) is 5.78 Å². The fraction of sp³-hybridized carbons (Fsp3) is 0.0625. The molecule has 0 amide bonds. The van der Waals surface area contributed by atoms with E-state index in [-0.39, 0.29) is 5.78 Å². The lowest BCUT2D eigenvalue weighted by molar-refractivity contribution is 0.103. The van der Waals surface area contributed by atoms with Crippen LogP contribution in [-0.2, 0) is 0 Å². The third-order valence-corrected chi connectivity index (χ3v) is 3.26. The second-order valence-electron chi connectivity index (χ2n) is 4.63. The maximum absolute atomic E-state index is 12.5. The van der Waals surface area contributed by atoms with E-state index in [9.17, 15) is 4.79 Å². The first kappa shape index (κ1) is 12.3. The van der Waals surface area contributed by atoms with Crippen LogP contribution in [0, 0.1) is 6.92 Å². The minimum atomic E-state index is -0.204. The first-order valence-corrected chi connectivity index (χ1v) is 6.27. The molecule has 0 bridgehead atoms. The lowest BCUT2D eigenvalue weighted by atomic mass is 10.0. The Bertz CT molecular complexity index is 812. The highest BCUT2D eigenvalue weighted by Gasteiger charge is 2.15. The first-order valence-electron chi connectivity index (χ1n) is 6.27. The SMILES string of the molecule is Cc1cc(C(=O)c2cnccc2N)nc2ccccc12. The number of hydrogen-bond acceptors (Lipinski definition) is 4. The van der Waals surface area contributed by atoms with E-state index in [0.717, 1.165) is 16.5 Å². The number of aromatic nitrogens is 2. The minimum absolute atomic E-state index is 0.204. The molecule has 0 aliphatic rings. The van der Waals surface area contributed by atoms with Crippen molar-refractivity contribution in [3.63, 3.8) is 0 Å². The van der Waals surface area contributed by atoms with E-state index in [1.807, 2.05) is 31.2 Å². The van der Waals surface area contributed by atoms with Crippen molar-refractivity contribution in [1.82, 2.24) is 9.97 Å². The number of nitrogens with zero attached hydrogens (tertiary/aromatic N) is 2. The maximum atomic E-state index is 12.5. The molecule has 3 aromatic rings. The number of nitrogen functional groups attached to an aromatic ring is 1. The van der Waals surface area contributed by atoms with Gasteiger partial charge in [-0.05, 0) is 30.7 Å². The van der Waals surface area contributed by atoms with Crippen LogP contribution in [0.3, 0.4) is 0 Å². The predicted octanol–water partition coefficient (Wildman–Crippen LogP) is 2.75. The number of anilines is 1. The van der Waals surface area contributed by atoms with Crippen LogP contribution in [0.1, 0.15) is 21.6 Å². The molecule has 0 fully saturated rings. The van der Waals surface area contributed by atoms with Gasteiger partial charge in [0.1, 0.15) is 5.69 Å². The van der Waals surface area contributed by atoms with Gasteiger partial charge in [-0.15, -0.1) is 0 Å². The van der Waals surface area contributed by atoms with Crippen molar-refractivity contribution in [3.05, 3.63) is 65.6 Å². The van der Waals surface area contributed by atoms with Gasteiger partial charge in [-0.25, -0.2) is 4.98 Å². The summed E-state index contributed by atoms with van der Waals surface area (Å²) in [5.74, 6) is -0.204. The summed E-state index contributed by atoms with van der Waals surface area (Å²) in [7, 11) is 0. The predicted molar refractivity (Wildman–Crippen MR) is 78.6 cm³/mol. The maximum Gasteiger partial charge on any atom is 0.214 e. The highest BCUT2D eigenvalue weighted by atomic mass is 16.1. The molecule has 2 N–H and O–H groups in total. The highest BCUT2D eigenvalue weighted by Crippen LogP contribution is 2.20. The van der Waals surface area contributed by atoms with Gasteiger partial charge in [0.05, 0.1) is 11.1 Å². The third kappa shape index (κ3) is 2.01. The van der Waals surface area contributed by atoms with E-state index in [1.165, 1.54) is 6.20 Å². The number of rotatable bonds is 2. The standard InChI is InChI=1S/C16H13N3O/c1-10-8-15(19-14-5-3-2-4-11(10)14)16(20)12-9-18-7-6-13(12)17/h2-9H,1H3,(H2,17,18). The van der Waals surface area contributed by atoms with E-state index < -0.39 is 0 Å². The second kappa shape index (κ2) is 4.74. The van der Waals surface area contributed by atoms with Crippen LogP contribution >= 0.6 is 0 Å². The number of ketones is 1. The summed E-state index contributed by atoms with van der Waals surface area (Å²) < 4.78 is 0. The van der Waals surface area contributed by atoms with Gasteiger partial charge in [0.15, 0.2) is 0 Å². The number of hydrogen-bond donors (Lipinski definition) is 1. The Morgan fingerprint density at radius 2 is 2.00 bits per heavy atom. The van der Waals surface area contributed by atoms with E-state index >= 15 is 0 Å². The van der Waals surface area contributed by atoms with Gasteiger partial charge < -0.3 is 5.73 Å². The number of fused-ring (bicyclic) bond motifs is 1. The van der Waals surface area contributed by atoms with Crippen molar-refractivity contribution >= 4 is 22.4 Å². The Morgan fingerprint density at radius 3 is 2.80 bits per heavy atom. The molecule has 1 aromatic carbocycles. The number of pyridine rings is 2. The quantitative estimate of drug-likeness (QED) is 0.722. The summed E-state index contributed by atoms with van der Waals surface area (Å²) in [6.07, 6.45) is 3.04. The van der Waals surface area contributed by atoms with E-state index in [4.69, 9.17) is 5.73 Å². The summed E-state index contributed by atoms with van der Waals surface area (Å²) in [6.45, 7) is 1.97. The number of benzene rings is 1. The molecule has 0 spiro atoms. The Morgan fingerprint density at radius 1 is 1.20 bits per heavy atom. The molecule has 4 heteroatoms. The molecule has 3 rings (SSSR count). The summed E-state index contributed by atoms with van der Waals surface area (Å²) >= 11 is 0. The lowest BCUT2D eigenvalue weighted by Gasteiger charge is -2.07. The molecule has 0 saturated carbocycles. The Kier molecular flexibility index (Phi) is 2.91. The fourth-order valence-electron chi connectivity index (χ4n) is 2.20. The smallest absolute Gasteiger partial charge is 0.214 e. The molecule has 0 atom stereocenters. The Hall–Kier alpha value is -2.75. The van der Waals surface area contributed by atoms with Gasteiger partial charge in [-0.1, -0.05) is 18.2 Å². The van der Waals surface area contributed by atoms with Crippen LogP contribution in [0.4, 0.5) is 5.69 Å². The number of para-hydroxylation sites is 1. The molecular weight excluding hydrogens is 250 g/mol. The molecule has 2 heterocycles. The normalized spacial score (nSPS) is 10.7. The van der Waals surface area contributed by atoms with Crippen LogP contribution in [0.5, 0.6) is 0 Å². The van der Waals surface area contributed by atoms with E-state index in [2.05, 4.69) is 9.97 Å². The van der Waals surface area contributed by atoms with Crippen molar-refractivity contribution in [2.45, 2.75) is 6.92 Å². The molecule has 0 aliphatic carbocycles. The van der Waals surface area contributed by atoms with E-state index in [0.29, 0.717) is 16.9 Å². The topological polar surface area (TPSA) is 68.9 Å². The highest BCUT2D eigenvalue weighted by molar-refractivity contribution is 6.11. The molecule has 0 saturated heterocycles. The van der Waals surface area contributed by atoms with Gasteiger partial charge in [-0.2, -0.15) is 0 Å². The van der Waals surface area contributed by atoms with Crippen molar-refractivity contribution in [2.75, 3.05) is 5.73 Å². The summed E-state index contributed by atoms with van der Waals surface area (Å²) in [5.41, 5.74) is 8.83. The molecule has 0 radical (unpaired) electrons. The van der Waals surface area contributed by atoms with Crippen molar-refractivity contribution in [3.8, 4) is 0 Å². The molecular formula is C16H13N3O.